The second-order valence-electron chi connectivity index (χ2n) is 4.84. The van der Waals surface area contributed by atoms with Crippen LogP contribution in [0.1, 0.15) is 25.8 Å². The second kappa shape index (κ2) is 3.60. The molecule has 0 heterocycles. The zero-order chi connectivity index (χ0) is 11.1. The molecule has 15 heavy (non-hydrogen) atoms. The first kappa shape index (κ1) is 10.6. The molecule has 2 heteroatoms. The summed E-state index contributed by atoms with van der Waals surface area (Å²) in [6.45, 7) is 5.17. The Labute approximate surface area is 90.5 Å². The molecule has 1 fully saturated rings. The molecule has 0 aromatic heterocycles. The highest BCUT2D eigenvalue weighted by Gasteiger charge is 2.55. The quantitative estimate of drug-likeness (QED) is 0.810. The molecule has 2 rings (SSSR count). The lowest BCUT2D eigenvalue weighted by Crippen LogP contribution is -2.21. The van der Waals surface area contributed by atoms with Crippen LogP contribution in [0.25, 0.3) is 0 Å². The van der Waals surface area contributed by atoms with Crippen LogP contribution in [0, 0.1) is 17.7 Å². The van der Waals surface area contributed by atoms with Crippen molar-refractivity contribution in [1.29, 1.82) is 0 Å². The van der Waals surface area contributed by atoms with Crippen molar-refractivity contribution in [2.24, 2.45) is 17.6 Å². The van der Waals surface area contributed by atoms with Gasteiger partial charge in [-0.25, -0.2) is 4.39 Å². The number of nitrogens with two attached hydrogens (primary N) is 1. The minimum atomic E-state index is -0.164. The first-order chi connectivity index (χ1) is 7.11. The van der Waals surface area contributed by atoms with Gasteiger partial charge >= 0.3 is 0 Å². The Hall–Kier alpha value is -0.890. The Morgan fingerprint density at radius 1 is 1.40 bits per heavy atom. The Morgan fingerprint density at radius 3 is 2.40 bits per heavy atom. The van der Waals surface area contributed by atoms with Crippen molar-refractivity contribution in [3.63, 3.8) is 0 Å². The lowest BCUT2D eigenvalue weighted by Gasteiger charge is -2.22. The highest BCUT2D eigenvalue weighted by atomic mass is 19.1. The number of halogens is 1. The van der Waals surface area contributed by atoms with Gasteiger partial charge in [-0.05, 0) is 42.5 Å². The molecule has 0 bridgehead atoms. The maximum absolute atomic E-state index is 12.9. The zero-order valence-corrected chi connectivity index (χ0v) is 9.33. The van der Waals surface area contributed by atoms with Gasteiger partial charge in [-0.3, -0.25) is 0 Å². The molecule has 0 amide bonds. The number of rotatable bonds is 3. The van der Waals surface area contributed by atoms with Gasteiger partial charge in [0.05, 0.1) is 0 Å². The van der Waals surface area contributed by atoms with E-state index < -0.39 is 0 Å². The van der Waals surface area contributed by atoms with Crippen LogP contribution >= 0.6 is 0 Å². The molecular formula is C13H18FN. The molecule has 0 saturated heterocycles. The summed E-state index contributed by atoms with van der Waals surface area (Å²) >= 11 is 0. The van der Waals surface area contributed by atoms with Crippen LogP contribution in [-0.2, 0) is 5.41 Å². The Morgan fingerprint density at radius 2 is 2.00 bits per heavy atom. The highest BCUT2D eigenvalue weighted by molar-refractivity contribution is 5.35. The van der Waals surface area contributed by atoms with Gasteiger partial charge < -0.3 is 5.73 Å². The van der Waals surface area contributed by atoms with Gasteiger partial charge in [0.2, 0.25) is 0 Å². The summed E-state index contributed by atoms with van der Waals surface area (Å²) in [7, 11) is 0. The first-order valence-corrected chi connectivity index (χ1v) is 5.57. The van der Waals surface area contributed by atoms with E-state index in [-0.39, 0.29) is 11.2 Å². The molecule has 1 aromatic rings. The van der Waals surface area contributed by atoms with Gasteiger partial charge in [-0.1, -0.05) is 26.0 Å². The van der Waals surface area contributed by atoms with E-state index in [4.69, 9.17) is 5.73 Å². The van der Waals surface area contributed by atoms with E-state index >= 15 is 0 Å². The first-order valence-electron chi connectivity index (χ1n) is 5.57. The third-order valence-electron chi connectivity index (χ3n) is 3.85. The molecular weight excluding hydrogens is 189 g/mol. The molecule has 2 N–H and O–H groups in total. The van der Waals surface area contributed by atoms with Gasteiger partial charge in [0.15, 0.2) is 0 Å². The van der Waals surface area contributed by atoms with E-state index in [1.54, 1.807) is 12.1 Å². The van der Waals surface area contributed by atoms with Crippen LogP contribution < -0.4 is 5.73 Å². The van der Waals surface area contributed by atoms with Gasteiger partial charge in [0.1, 0.15) is 5.82 Å². The number of hydrogen-bond donors (Lipinski definition) is 1. The fraction of sp³-hybridized carbons (Fsp3) is 0.538. The maximum atomic E-state index is 12.9. The average molecular weight is 207 g/mol. The minimum absolute atomic E-state index is 0.164. The summed E-state index contributed by atoms with van der Waals surface area (Å²) in [5, 5.41) is 0. The fourth-order valence-electron chi connectivity index (χ4n) is 2.80. The molecule has 0 aliphatic heterocycles. The fourth-order valence-corrected chi connectivity index (χ4v) is 2.80. The second-order valence-corrected chi connectivity index (χ2v) is 4.84. The summed E-state index contributed by atoms with van der Waals surface area (Å²) in [6.07, 6.45) is 1.15. The molecule has 0 radical (unpaired) electrons. The zero-order valence-electron chi connectivity index (χ0n) is 9.33. The Bertz CT molecular complexity index is 344. The standard InChI is InChI=1S/C13H18FN/c1-9(2)13(7-11(13)8-15)10-3-5-12(14)6-4-10/h3-6,9,11H,7-8,15H2,1-2H3/t11-,13?/m0/s1. The lowest BCUT2D eigenvalue weighted by atomic mass is 9.83. The Kier molecular flexibility index (Phi) is 2.55. The van der Waals surface area contributed by atoms with Crippen LogP contribution in [-0.4, -0.2) is 6.54 Å². The lowest BCUT2D eigenvalue weighted by molar-refractivity contribution is 0.441. The molecule has 0 spiro atoms. The molecule has 1 nitrogen and oxygen atoms in total. The van der Waals surface area contributed by atoms with E-state index in [1.165, 1.54) is 5.56 Å². The third kappa shape index (κ3) is 1.57. The van der Waals surface area contributed by atoms with Gasteiger partial charge in [-0.2, -0.15) is 0 Å². The normalized spacial score (nSPS) is 29.5. The summed E-state index contributed by atoms with van der Waals surface area (Å²) < 4.78 is 12.9. The molecule has 82 valence electrons. The summed E-state index contributed by atoms with van der Waals surface area (Å²) in [4.78, 5) is 0. The van der Waals surface area contributed by atoms with Crippen LogP contribution in [0.2, 0.25) is 0 Å². The van der Waals surface area contributed by atoms with Crippen LogP contribution in [0.3, 0.4) is 0 Å². The van der Waals surface area contributed by atoms with Gasteiger partial charge in [0, 0.05) is 5.41 Å². The topological polar surface area (TPSA) is 26.0 Å². The van der Waals surface area contributed by atoms with Crippen molar-refractivity contribution in [3.05, 3.63) is 35.6 Å². The van der Waals surface area contributed by atoms with Crippen molar-refractivity contribution in [2.75, 3.05) is 6.54 Å². The predicted molar refractivity (Wildman–Crippen MR) is 60.1 cm³/mol. The molecule has 1 aliphatic rings. The molecule has 1 unspecified atom stereocenters. The van der Waals surface area contributed by atoms with Crippen molar-refractivity contribution in [1.82, 2.24) is 0 Å². The van der Waals surface area contributed by atoms with Crippen molar-refractivity contribution in [2.45, 2.75) is 25.7 Å². The summed E-state index contributed by atoms with van der Waals surface area (Å²) in [6, 6.07) is 6.91. The number of hydrogen-bond acceptors (Lipinski definition) is 1. The van der Waals surface area contributed by atoms with E-state index in [0.717, 1.165) is 13.0 Å². The van der Waals surface area contributed by atoms with Crippen molar-refractivity contribution < 1.29 is 4.39 Å². The molecule has 1 aromatic carbocycles. The Balaban J connectivity index is 2.32. The van der Waals surface area contributed by atoms with Crippen LogP contribution in [0.5, 0.6) is 0 Å². The molecule has 1 saturated carbocycles. The maximum Gasteiger partial charge on any atom is 0.123 e. The van der Waals surface area contributed by atoms with E-state index in [1.807, 2.05) is 12.1 Å². The third-order valence-corrected chi connectivity index (χ3v) is 3.85. The predicted octanol–water partition coefficient (Wildman–Crippen LogP) is 2.70. The van der Waals surface area contributed by atoms with Crippen LogP contribution in [0.15, 0.2) is 24.3 Å². The smallest absolute Gasteiger partial charge is 0.123 e. The molecule has 2 atom stereocenters. The van der Waals surface area contributed by atoms with E-state index in [0.29, 0.717) is 11.8 Å². The molecule has 1 aliphatic carbocycles. The van der Waals surface area contributed by atoms with Gasteiger partial charge in [-0.15, -0.1) is 0 Å². The van der Waals surface area contributed by atoms with E-state index in [9.17, 15) is 4.39 Å². The monoisotopic (exact) mass is 207 g/mol. The minimum Gasteiger partial charge on any atom is -0.330 e. The van der Waals surface area contributed by atoms with Gasteiger partial charge in [0.25, 0.3) is 0 Å². The van der Waals surface area contributed by atoms with Crippen molar-refractivity contribution >= 4 is 0 Å². The van der Waals surface area contributed by atoms with Crippen molar-refractivity contribution in [3.8, 4) is 0 Å². The largest absolute Gasteiger partial charge is 0.330 e. The highest BCUT2D eigenvalue weighted by Crippen LogP contribution is 2.58. The number of benzene rings is 1. The summed E-state index contributed by atoms with van der Waals surface area (Å²) in [5.41, 5.74) is 7.20. The SMILES string of the molecule is CC(C)C1(c2ccc(F)cc2)C[C@H]1CN. The van der Waals surface area contributed by atoms with Crippen LogP contribution in [0.4, 0.5) is 4.39 Å². The average Bonchev–Trinajstić information content (AvgIpc) is 2.94. The summed E-state index contributed by atoms with van der Waals surface area (Å²) in [5.74, 6) is 0.974. The van der Waals surface area contributed by atoms with E-state index in [2.05, 4.69) is 13.8 Å².